The van der Waals surface area contributed by atoms with E-state index in [9.17, 15) is 51.3 Å². The fourth-order valence-corrected chi connectivity index (χ4v) is 9.22. The number of piperidine rings is 2. The number of likely N-dealkylation sites (tertiary alicyclic amines) is 2. The molecule has 1 aliphatic carbocycles. The second-order valence-electron chi connectivity index (χ2n) is 15.3. The molecule has 2 atom stereocenters. The lowest BCUT2D eigenvalue weighted by Gasteiger charge is -2.51. The van der Waals surface area contributed by atoms with E-state index in [1.807, 2.05) is 0 Å². The number of carbonyl (C=O) groups is 2. The summed E-state index contributed by atoms with van der Waals surface area (Å²) in [6.45, 7) is 1.93. The highest BCUT2D eigenvalue weighted by Crippen LogP contribution is 2.48. The van der Waals surface area contributed by atoms with Gasteiger partial charge in [-0.25, -0.2) is 0 Å². The fourth-order valence-electron chi connectivity index (χ4n) is 8.54. The highest BCUT2D eigenvalue weighted by molar-refractivity contribution is 7.10. The van der Waals surface area contributed by atoms with Crippen molar-refractivity contribution in [1.29, 1.82) is 0 Å². The molecule has 3 aromatic rings. The van der Waals surface area contributed by atoms with E-state index in [4.69, 9.17) is 9.47 Å². The number of ether oxygens (including phenoxy) is 2. The maximum absolute atomic E-state index is 15.0. The SMILES string of the molecule is CCC[C@H]1N(C(=O)c2ncccc2C(F)(F)F)CCC[C@@]1(Oc1csc(C(F)(F)F)c1)C(=O)N1CCC(O)(c2ccccc2OCCCC2(C(O)O)CCC2)CC1. The number of aliphatic hydroxyl groups is 3. The highest BCUT2D eigenvalue weighted by Gasteiger charge is 2.57. The third-order valence-electron chi connectivity index (χ3n) is 11.8. The first kappa shape index (κ1) is 42.7. The Morgan fingerprint density at radius 2 is 1.68 bits per heavy atom. The molecule has 0 spiro atoms. The number of nitrogens with zero attached hydrogens (tertiary/aromatic N) is 3. The van der Waals surface area contributed by atoms with Crippen molar-refractivity contribution in [1.82, 2.24) is 14.8 Å². The Hall–Kier alpha value is -3.93. The first-order chi connectivity index (χ1) is 26.9. The lowest BCUT2D eigenvalue weighted by atomic mass is 9.65. The largest absolute Gasteiger partial charge is 0.493 e. The quantitative estimate of drug-likeness (QED) is 0.0915. The summed E-state index contributed by atoms with van der Waals surface area (Å²) in [5.41, 5.74) is -5.59. The molecule has 2 amide bonds. The van der Waals surface area contributed by atoms with Crippen LogP contribution in [0.25, 0.3) is 0 Å². The van der Waals surface area contributed by atoms with Gasteiger partial charge in [0, 0.05) is 54.7 Å². The van der Waals surface area contributed by atoms with Crippen molar-refractivity contribution in [3.05, 3.63) is 75.7 Å². The molecule has 6 rings (SSSR count). The number of halogens is 6. The molecule has 0 unspecified atom stereocenters. The third-order valence-corrected chi connectivity index (χ3v) is 12.7. The van der Waals surface area contributed by atoms with Gasteiger partial charge in [-0.2, -0.15) is 26.3 Å². The molecule has 2 saturated heterocycles. The maximum atomic E-state index is 15.0. The second kappa shape index (κ2) is 16.7. The number of rotatable bonds is 13. The average Bonchev–Trinajstić information content (AvgIpc) is 3.63. The van der Waals surface area contributed by atoms with Crippen LogP contribution in [-0.4, -0.2) is 86.1 Å². The van der Waals surface area contributed by atoms with Crippen LogP contribution < -0.4 is 9.47 Å². The van der Waals surface area contributed by atoms with Crippen molar-refractivity contribution in [2.45, 2.75) is 113 Å². The first-order valence-electron chi connectivity index (χ1n) is 19.2. The molecular weight excluding hydrogens is 781 g/mol. The normalized spacial score (nSPS) is 22.3. The number of hydrogen-bond acceptors (Lipinski definition) is 9. The maximum Gasteiger partial charge on any atom is 0.425 e. The van der Waals surface area contributed by atoms with E-state index in [-0.39, 0.29) is 64.1 Å². The van der Waals surface area contributed by atoms with Gasteiger partial charge in [0.05, 0.1) is 23.8 Å². The molecule has 57 heavy (non-hydrogen) atoms. The zero-order valence-electron chi connectivity index (χ0n) is 31.4. The van der Waals surface area contributed by atoms with Gasteiger partial charge < -0.3 is 34.6 Å². The minimum Gasteiger partial charge on any atom is -0.493 e. The highest BCUT2D eigenvalue weighted by atomic mass is 32.1. The number of hydrogen-bond donors (Lipinski definition) is 3. The van der Waals surface area contributed by atoms with Gasteiger partial charge in [-0.1, -0.05) is 38.0 Å². The van der Waals surface area contributed by atoms with Gasteiger partial charge in [0.2, 0.25) is 5.60 Å². The van der Waals surface area contributed by atoms with Crippen LogP contribution in [0.15, 0.2) is 54.0 Å². The molecule has 2 aliphatic heterocycles. The molecule has 2 aromatic heterocycles. The van der Waals surface area contributed by atoms with Gasteiger partial charge in [0.1, 0.15) is 22.1 Å². The Kier molecular flexibility index (Phi) is 12.5. The van der Waals surface area contributed by atoms with Gasteiger partial charge >= 0.3 is 12.4 Å². The van der Waals surface area contributed by atoms with E-state index in [0.29, 0.717) is 41.9 Å². The molecule has 4 heterocycles. The monoisotopic (exact) mass is 827 g/mol. The van der Waals surface area contributed by atoms with Crippen molar-refractivity contribution in [3.63, 3.8) is 0 Å². The Labute approximate surface area is 330 Å². The first-order valence-corrected chi connectivity index (χ1v) is 20.1. The van der Waals surface area contributed by atoms with Gasteiger partial charge in [0.15, 0.2) is 6.29 Å². The molecule has 17 heteroatoms. The predicted octanol–water partition coefficient (Wildman–Crippen LogP) is 7.55. The van der Waals surface area contributed by atoms with Crippen molar-refractivity contribution < 1.29 is 60.7 Å². The van der Waals surface area contributed by atoms with Crippen LogP contribution in [-0.2, 0) is 22.7 Å². The van der Waals surface area contributed by atoms with E-state index < -0.39 is 69.3 Å². The summed E-state index contributed by atoms with van der Waals surface area (Å²) in [5.74, 6) is -1.57. The number of benzene rings is 1. The Balaban J connectivity index is 1.26. The number of aliphatic hydroxyl groups excluding tert-OH is 1. The molecule has 3 aliphatic rings. The summed E-state index contributed by atoms with van der Waals surface area (Å²) < 4.78 is 95.8. The lowest BCUT2D eigenvalue weighted by Crippen LogP contribution is -2.68. The van der Waals surface area contributed by atoms with E-state index in [0.717, 1.165) is 53.9 Å². The van der Waals surface area contributed by atoms with Gasteiger partial charge in [-0.15, -0.1) is 11.3 Å². The van der Waals surface area contributed by atoms with Gasteiger partial charge in [-0.3, -0.25) is 14.6 Å². The summed E-state index contributed by atoms with van der Waals surface area (Å²) in [4.78, 5) is 34.4. The number of pyridine rings is 1. The third kappa shape index (κ3) is 8.76. The zero-order chi connectivity index (χ0) is 41.2. The molecule has 312 valence electrons. The molecule has 0 radical (unpaired) electrons. The van der Waals surface area contributed by atoms with Gasteiger partial charge in [0.25, 0.3) is 11.8 Å². The summed E-state index contributed by atoms with van der Waals surface area (Å²) in [6.07, 6.45) is -5.94. The van der Waals surface area contributed by atoms with E-state index in [1.54, 1.807) is 31.2 Å². The van der Waals surface area contributed by atoms with Crippen LogP contribution in [0.5, 0.6) is 11.5 Å². The Morgan fingerprint density at radius 3 is 2.30 bits per heavy atom. The standard InChI is InChI=1S/C40H47F6N3O7S/c1-2-9-30-38(56-26-24-31(57-25-26)40(44,45)46,16-7-20-49(30)33(50)32-28(39(41,42)43)11-5-19-47-32)34(51)48-21-17-37(54,18-22-48)27-10-3-4-12-29(27)55-23-8-15-36(35(52)53)13-6-14-36/h3-5,10-12,19,24-25,30,35,52-54H,2,6-9,13-18,20-23H2,1H3/t30-,38+/m1/s1. The number of amides is 2. The second-order valence-corrected chi connectivity index (χ2v) is 16.2. The van der Waals surface area contributed by atoms with E-state index in [1.165, 1.54) is 4.90 Å². The van der Waals surface area contributed by atoms with Gasteiger partial charge in [-0.05, 0) is 69.6 Å². The average molecular weight is 828 g/mol. The topological polar surface area (TPSA) is 133 Å². The molecule has 10 nitrogen and oxygen atoms in total. The van der Waals surface area contributed by atoms with Crippen molar-refractivity contribution in [2.24, 2.45) is 5.41 Å². The predicted molar refractivity (Wildman–Crippen MR) is 196 cm³/mol. The van der Waals surface area contributed by atoms with Crippen LogP contribution in [0.3, 0.4) is 0 Å². The Morgan fingerprint density at radius 1 is 0.965 bits per heavy atom. The van der Waals surface area contributed by atoms with Crippen molar-refractivity contribution in [2.75, 3.05) is 26.2 Å². The minimum atomic E-state index is -4.92. The summed E-state index contributed by atoms with van der Waals surface area (Å²) in [7, 11) is 0. The lowest BCUT2D eigenvalue weighted by molar-refractivity contribution is -0.171. The van der Waals surface area contributed by atoms with Crippen LogP contribution in [0.2, 0.25) is 0 Å². The fraction of sp³-hybridized carbons (Fsp3) is 0.575. The zero-order valence-corrected chi connectivity index (χ0v) is 32.3. The molecule has 1 saturated carbocycles. The summed E-state index contributed by atoms with van der Waals surface area (Å²) in [6, 6.07) is 8.34. The van der Waals surface area contributed by atoms with Crippen LogP contribution >= 0.6 is 11.3 Å². The smallest absolute Gasteiger partial charge is 0.425 e. The summed E-state index contributed by atoms with van der Waals surface area (Å²) in [5, 5.41) is 32.9. The molecule has 3 fully saturated rings. The number of thiophene rings is 1. The minimum absolute atomic E-state index is 0.0195. The Bertz CT molecular complexity index is 1880. The van der Waals surface area contributed by atoms with E-state index >= 15 is 0 Å². The van der Waals surface area contributed by atoms with Crippen LogP contribution in [0.4, 0.5) is 26.3 Å². The van der Waals surface area contributed by atoms with Crippen LogP contribution in [0, 0.1) is 5.41 Å². The van der Waals surface area contributed by atoms with Crippen molar-refractivity contribution >= 4 is 23.2 Å². The molecule has 3 N–H and O–H groups in total. The molecular formula is C40H47F6N3O7S. The molecule has 0 bridgehead atoms. The summed E-state index contributed by atoms with van der Waals surface area (Å²) >= 11 is 0.369. The van der Waals surface area contributed by atoms with E-state index in [2.05, 4.69) is 4.98 Å². The number of para-hydroxylation sites is 1. The number of alkyl halides is 6. The molecule has 1 aromatic carbocycles. The van der Waals surface area contributed by atoms with Crippen LogP contribution in [0.1, 0.15) is 104 Å². The number of carbonyl (C=O) groups excluding carboxylic acids is 2. The number of aromatic nitrogens is 1. The van der Waals surface area contributed by atoms with Crippen molar-refractivity contribution in [3.8, 4) is 11.5 Å².